The Balaban J connectivity index is 1.91. The van der Waals surface area contributed by atoms with E-state index in [2.05, 4.69) is 18.8 Å². The first-order chi connectivity index (χ1) is 21.4. The first-order valence-corrected chi connectivity index (χ1v) is 13.2. The van der Waals surface area contributed by atoms with Gasteiger partial charge in [0.05, 0.1) is 21.4 Å². The molecule has 0 amide bonds. The smallest absolute Gasteiger partial charge is 0.0880 e. The van der Waals surface area contributed by atoms with Crippen LogP contribution in [0.5, 0.6) is 0 Å². The number of fused-ring (bicyclic) bond motifs is 6. The van der Waals surface area contributed by atoms with Crippen LogP contribution in [-0.2, 0) is 16.2 Å². The summed E-state index contributed by atoms with van der Waals surface area (Å²) in [6.45, 7) is 11.1. The van der Waals surface area contributed by atoms with E-state index in [4.69, 9.17) is 12.3 Å². The van der Waals surface area contributed by atoms with Gasteiger partial charge in [-0.2, -0.15) is 0 Å². The first kappa shape index (κ1) is 14.3. The Hall–Kier alpha value is -2.71. The molecule has 1 aliphatic rings. The van der Waals surface area contributed by atoms with Gasteiger partial charge < -0.3 is 0 Å². The molecule has 0 saturated heterocycles. The second-order valence-corrected chi connectivity index (χ2v) is 13.3. The standard InChI is InChI=1S/C34H37NS/c1-20-17-26-28(34(7,8)15-14-33(26,5)6)31-27(20)24-13-16-35-29(30(24)36-31)22-18-21-11-9-10-12-23(21)25(19-22)32(2,3)4/h9-13,16-19H,14-15H2,1-8H3/i1D3,9D,10D,11D,12D,13D,16D,17D,19D. The normalized spacial score (nSPS) is 21.8. The molecular weight excluding hydrogens is 454 g/mol. The maximum absolute atomic E-state index is 9.47. The summed E-state index contributed by atoms with van der Waals surface area (Å²) in [5.74, 6) is 0. The third kappa shape index (κ3) is 3.44. The van der Waals surface area contributed by atoms with E-state index in [-0.39, 0.29) is 68.6 Å². The van der Waals surface area contributed by atoms with E-state index in [0.717, 1.165) is 18.4 Å². The molecule has 0 atom stereocenters. The summed E-state index contributed by atoms with van der Waals surface area (Å²) in [5, 5.41) is 0.913. The molecule has 0 aliphatic heterocycles. The lowest BCUT2D eigenvalue weighted by Crippen LogP contribution is -2.34. The van der Waals surface area contributed by atoms with Crippen molar-refractivity contribution in [1.29, 1.82) is 0 Å². The van der Waals surface area contributed by atoms with Gasteiger partial charge in [0.2, 0.25) is 0 Å². The number of nitrogens with zero attached hydrogens (tertiary/aromatic N) is 1. The van der Waals surface area contributed by atoms with Crippen molar-refractivity contribution in [1.82, 2.24) is 4.98 Å². The van der Waals surface area contributed by atoms with Crippen LogP contribution in [0.4, 0.5) is 0 Å². The van der Waals surface area contributed by atoms with Gasteiger partial charge in [-0.15, -0.1) is 11.3 Å². The Bertz CT molecular complexity index is 2200. The van der Waals surface area contributed by atoms with Crippen LogP contribution in [0, 0.1) is 6.85 Å². The SMILES string of the molecule is [2H]c1nc(-c2cc3c([2H])c([2H])c([2H])c([2H])c3c(C(C)(C)C)c2[2H])c2sc3c4c(c([2H])c(C([2H])([2H])[2H])c3c2c1[2H])C(C)(C)CCC4(C)C. The number of benzene rings is 3. The zero-order valence-corrected chi connectivity index (χ0v) is 22.7. The van der Waals surface area contributed by atoms with Crippen LogP contribution in [0.3, 0.4) is 0 Å². The van der Waals surface area contributed by atoms with E-state index in [1.807, 2.05) is 34.6 Å². The molecule has 5 aromatic rings. The summed E-state index contributed by atoms with van der Waals surface area (Å²) in [7, 11) is 0. The summed E-state index contributed by atoms with van der Waals surface area (Å²) >= 11 is 1.27. The Morgan fingerprint density at radius 1 is 0.944 bits per heavy atom. The highest BCUT2D eigenvalue weighted by molar-refractivity contribution is 7.26. The predicted octanol–water partition coefficient (Wildman–Crippen LogP) is 10.2. The van der Waals surface area contributed by atoms with Gasteiger partial charge >= 0.3 is 0 Å². The maximum atomic E-state index is 9.47. The van der Waals surface area contributed by atoms with Crippen LogP contribution in [0.1, 0.15) is 98.6 Å². The number of hydrogen-bond donors (Lipinski definition) is 0. The molecule has 0 N–H and O–H groups in total. The van der Waals surface area contributed by atoms with Gasteiger partial charge in [0.25, 0.3) is 0 Å². The van der Waals surface area contributed by atoms with Gasteiger partial charge in [0.1, 0.15) is 0 Å². The highest BCUT2D eigenvalue weighted by Crippen LogP contribution is 2.53. The van der Waals surface area contributed by atoms with E-state index >= 15 is 0 Å². The second-order valence-electron chi connectivity index (χ2n) is 12.3. The van der Waals surface area contributed by atoms with Gasteiger partial charge in [0, 0.05) is 31.3 Å². The number of thiophene rings is 1. The van der Waals surface area contributed by atoms with Crippen LogP contribution in [-0.4, -0.2) is 4.98 Å². The molecule has 1 nitrogen and oxygen atoms in total. The molecular formula is C34H37NS. The van der Waals surface area contributed by atoms with Crippen molar-refractivity contribution in [3.8, 4) is 11.3 Å². The lowest BCUT2D eigenvalue weighted by molar-refractivity contribution is 0.334. The molecule has 36 heavy (non-hydrogen) atoms. The van der Waals surface area contributed by atoms with Gasteiger partial charge in [-0.3, -0.25) is 4.98 Å². The Kier molecular flexibility index (Phi) is 3.04. The molecule has 0 saturated carbocycles. The van der Waals surface area contributed by atoms with E-state index in [1.165, 1.54) is 17.4 Å². The highest BCUT2D eigenvalue weighted by Gasteiger charge is 2.39. The topological polar surface area (TPSA) is 12.9 Å². The Morgan fingerprint density at radius 3 is 2.44 bits per heavy atom. The Labute approximate surface area is 235 Å². The van der Waals surface area contributed by atoms with Crippen molar-refractivity contribution in [3.63, 3.8) is 0 Å². The molecule has 2 heterocycles. The number of aryl methyl sites for hydroxylation is 1. The minimum absolute atomic E-state index is 0.0147. The molecule has 0 fully saturated rings. The predicted molar refractivity (Wildman–Crippen MR) is 159 cm³/mol. The average Bonchev–Trinajstić information content (AvgIpc) is 3.32. The van der Waals surface area contributed by atoms with Crippen LogP contribution in [0.2, 0.25) is 0 Å². The minimum Gasteiger partial charge on any atom is -0.255 e. The highest BCUT2D eigenvalue weighted by atomic mass is 32.1. The third-order valence-electron chi connectivity index (χ3n) is 7.70. The summed E-state index contributed by atoms with van der Waals surface area (Å²) in [4.78, 5) is 4.53. The molecule has 6 rings (SSSR count). The Morgan fingerprint density at radius 2 is 1.69 bits per heavy atom. The van der Waals surface area contributed by atoms with Gasteiger partial charge in [0.15, 0.2) is 0 Å². The largest absolute Gasteiger partial charge is 0.255 e. The van der Waals surface area contributed by atoms with E-state index in [1.54, 1.807) is 0 Å². The fraction of sp³-hybridized carbons (Fsp3) is 0.382. The first-order valence-electron chi connectivity index (χ1n) is 17.9. The van der Waals surface area contributed by atoms with E-state index < -0.39 is 41.4 Å². The quantitative estimate of drug-likeness (QED) is 0.222. The van der Waals surface area contributed by atoms with Crippen molar-refractivity contribution in [3.05, 3.63) is 76.8 Å². The molecule has 2 heteroatoms. The fourth-order valence-corrected chi connectivity index (χ4v) is 7.09. The fourth-order valence-electron chi connectivity index (χ4n) is 5.59. The van der Waals surface area contributed by atoms with Crippen molar-refractivity contribution < 1.29 is 15.1 Å². The maximum Gasteiger partial charge on any atom is 0.0880 e. The van der Waals surface area contributed by atoms with E-state index in [0.29, 0.717) is 20.5 Å². The number of rotatable bonds is 1. The molecule has 0 unspecified atom stereocenters. The van der Waals surface area contributed by atoms with Crippen LogP contribution < -0.4 is 0 Å². The third-order valence-corrected chi connectivity index (χ3v) is 8.91. The van der Waals surface area contributed by atoms with Gasteiger partial charge in [-0.05, 0) is 87.1 Å². The number of aromatic nitrogens is 1. The van der Waals surface area contributed by atoms with Crippen LogP contribution in [0.25, 0.3) is 42.2 Å². The van der Waals surface area contributed by atoms with E-state index in [9.17, 15) is 2.74 Å². The molecule has 184 valence electrons. The zero-order chi connectivity index (χ0) is 35.1. The van der Waals surface area contributed by atoms with Crippen molar-refractivity contribution in [2.75, 3.05) is 0 Å². The number of hydrogen-bond acceptors (Lipinski definition) is 2. The summed E-state index contributed by atoms with van der Waals surface area (Å²) < 4.78 is 97.7. The van der Waals surface area contributed by atoms with Gasteiger partial charge in [-0.1, -0.05) is 78.7 Å². The summed E-state index contributed by atoms with van der Waals surface area (Å²) in [6.07, 6.45) is 1.15. The van der Waals surface area contributed by atoms with Crippen molar-refractivity contribution in [2.24, 2.45) is 0 Å². The monoisotopic (exact) mass is 502 g/mol. The molecule has 3 aromatic carbocycles. The average molecular weight is 503 g/mol. The minimum atomic E-state index is -2.69. The molecule has 2 aromatic heterocycles. The van der Waals surface area contributed by atoms with Crippen molar-refractivity contribution >= 4 is 42.3 Å². The van der Waals surface area contributed by atoms with Crippen molar-refractivity contribution in [2.45, 2.75) is 84.4 Å². The molecule has 0 radical (unpaired) electrons. The molecule has 1 aliphatic carbocycles. The van der Waals surface area contributed by atoms with Crippen LogP contribution >= 0.6 is 11.3 Å². The summed E-state index contributed by atoms with van der Waals surface area (Å²) in [6, 6.07) is -0.125. The second kappa shape index (κ2) is 7.65. The molecule has 0 bridgehead atoms. The lowest BCUT2D eigenvalue weighted by Gasteiger charge is -2.42. The van der Waals surface area contributed by atoms with Crippen LogP contribution in [0.15, 0.2) is 54.5 Å². The number of pyridine rings is 1. The molecule has 0 spiro atoms. The summed E-state index contributed by atoms with van der Waals surface area (Å²) in [5.41, 5.74) is 0.579. The van der Waals surface area contributed by atoms with Gasteiger partial charge in [-0.25, -0.2) is 0 Å². The zero-order valence-electron chi connectivity index (χ0n) is 32.8. The lowest BCUT2D eigenvalue weighted by atomic mass is 9.62.